The molecule has 4 N–H and O–H groups in total. The van der Waals surface area contributed by atoms with Crippen LogP contribution in [0.5, 0.6) is 5.75 Å². The number of aryl methyl sites for hydroxylation is 1. The van der Waals surface area contributed by atoms with Gasteiger partial charge in [-0.05, 0) is 53.8 Å². The summed E-state index contributed by atoms with van der Waals surface area (Å²) in [6, 6.07) is 5.26. The average Bonchev–Trinajstić information content (AvgIpc) is 3.23. The van der Waals surface area contributed by atoms with Gasteiger partial charge in [0, 0.05) is 30.0 Å². The van der Waals surface area contributed by atoms with Gasteiger partial charge in [-0.15, -0.1) is 11.3 Å². The number of carbonyl (C=O) groups excluding carboxylic acids is 3. The zero-order chi connectivity index (χ0) is 27.1. The first-order valence-electron chi connectivity index (χ1n) is 12.4. The second-order valence-corrected chi connectivity index (χ2v) is 12.0. The number of β-amino-alcohol motifs (C(OH)–C–C–N with tert-alkyl or cyclic N) is 1. The summed E-state index contributed by atoms with van der Waals surface area (Å²) in [5.74, 6) is -1.80. The van der Waals surface area contributed by atoms with Gasteiger partial charge in [0.25, 0.3) is 5.91 Å². The highest BCUT2D eigenvalue weighted by Crippen LogP contribution is 2.40. The first-order valence-corrected chi connectivity index (χ1v) is 13.3. The lowest BCUT2D eigenvalue weighted by atomic mass is 9.85. The van der Waals surface area contributed by atoms with Crippen LogP contribution < -0.4 is 10.6 Å². The van der Waals surface area contributed by atoms with Crippen molar-refractivity contribution in [3.8, 4) is 16.2 Å². The summed E-state index contributed by atoms with van der Waals surface area (Å²) in [5.41, 5.74) is -0.183. The van der Waals surface area contributed by atoms with Gasteiger partial charge in [-0.25, -0.2) is 4.39 Å². The molecule has 3 amide bonds. The molecule has 0 unspecified atom stereocenters. The Labute approximate surface area is 219 Å². The fourth-order valence-electron chi connectivity index (χ4n) is 4.54. The van der Waals surface area contributed by atoms with Gasteiger partial charge >= 0.3 is 0 Å². The Bertz CT molecular complexity index is 1200. The van der Waals surface area contributed by atoms with E-state index in [-0.39, 0.29) is 38.1 Å². The van der Waals surface area contributed by atoms with Crippen LogP contribution in [0.1, 0.15) is 51.2 Å². The summed E-state index contributed by atoms with van der Waals surface area (Å²) >= 11 is 1.58. The molecule has 1 saturated carbocycles. The van der Waals surface area contributed by atoms with Gasteiger partial charge < -0.3 is 25.7 Å². The molecule has 8 nitrogen and oxygen atoms in total. The minimum atomic E-state index is -1.94. The van der Waals surface area contributed by atoms with Gasteiger partial charge in [-0.3, -0.25) is 14.4 Å². The molecule has 2 fully saturated rings. The van der Waals surface area contributed by atoms with Crippen LogP contribution in [-0.2, 0) is 20.9 Å². The highest BCUT2D eigenvalue weighted by Gasteiger charge is 2.53. The van der Waals surface area contributed by atoms with E-state index < -0.39 is 47.0 Å². The van der Waals surface area contributed by atoms with Crippen LogP contribution in [0.25, 0.3) is 10.4 Å². The molecule has 1 aromatic carbocycles. The molecule has 3 atom stereocenters. The lowest BCUT2D eigenvalue weighted by Crippen LogP contribution is -2.59. The van der Waals surface area contributed by atoms with Crippen LogP contribution in [0, 0.1) is 12.3 Å². The molecule has 2 heterocycles. The number of likely N-dealkylation sites (tertiary alicyclic amines) is 1. The Morgan fingerprint density at radius 1 is 1.24 bits per heavy atom. The number of aliphatic hydroxyl groups excluding tert-OH is 1. The second kappa shape index (κ2) is 10.1. The first kappa shape index (κ1) is 27.1. The maximum absolute atomic E-state index is 14.3. The smallest absolute Gasteiger partial charge is 0.258 e. The number of alkyl halides is 1. The van der Waals surface area contributed by atoms with E-state index in [1.807, 2.05) is 24.4 Å². The van der Waals surface area contributed by atoms with Crippen molar-refractivity contribution in [2.45, 2.75) is 77.4 Å². The SMILES string of the molecule is Cc1ccsc1-c1ccc(CNC(=O)[C@@H]2C[C@@H](O)CN2C(=O)[C@@H](NC(=O)C2(F)CC2)C(C)(C)C)c(O)c1. The number of aromatic hydroxyl groups is 1. The number of aliphatic hydroxyl groups is 1. The number of halogens is 1. The van der Waals surface area contributed by atoms with E-state index >= 15 is 0 Å². The maximum atomic E-state index is 14.3. The largest absolute Gasteiger partial charge is 0.508 e. The third kappa shape index (κ3) is 5.80. The third-order valence-corrected chi connectivity index (χ3v) is 8.08. The number of hydrogen-bond donors (Lipinski definition) is 4. The number of nitrogens with one attached hydrogen (secondary N) is 2. The zero-order valence-electron chi connectivity index (χ0n) is 21.5. The quantitative estimate of drug-likeness (QED) is 0.438. The highest BCUT2D eigenvalue weighted by atomic mass is 32.1. The van der Waals surface area contributed by atoms with E-state index in [0.29, 0.717) is 5.56 Å². The first-order chi connectivity index (χ1) is 17.3. The number of amides is 3. The average molecular weight is 532 g/mol. The fraction of sp³-hybridized carbons (Fsp3) is 0.519. The van der Waals surface area contributed by atoms with Crippen molar-refractivity contribution in [2.75, 3.05) is 6.54 Å². The van der Waals surface area contributed by atoms with E-state index in [4.69, 9.17) is 0 Å². The molecule has 0 radical (unpaired) electrons. The molecule has 1 aliphatic heterocycles. The molecule has 0 bridgehead atoms. The van der Waals surface area contributed by atoms with E-state index in [0.717, 1.165) is 16.0 Å². The van der Waals surface area contributed by atoms with E-state index in [9.17, 15) is 29.0 Å². The van der Waals surface area contributed by atoms with Crippen molar-refractivity contribution < 1.29 is 29.0 Å². The number of nitrogens with zero attached hydrogens (tertiary/aromatic N) is 1. The van der Waals surface area contributed by atoms with Crippen molar-refractivity contribution in [3.05, 3.63) is 40.8 Å². The lowest BCUT2D eigenvalue weighted by molar-refractivity contribution is -0.145. The number of carbonyl (C=O) groups is 3. The molecule has 1 aromatic heterocycles. The zero-order valence-corrected chi connectivity index (χ0v) is 22.3. The third-order valence-electron chi connectivity index (χ3n) is 7.01. The van der Waals surface area contributed by atoms with Gasteiger partial charge in [0.1, 0.15) is 17.8 Å². The molecule has 1 saturated heterocycles. The molecule has 200 valence electrons. The van der Waals surface area contributed by atoms with Gasteiger partial charge in [-0.1, -0.05) is 32.9 Å². The summed E-state index contributed by atoms with van der Waals surface area (Å²) in [7, 11) is 0. The fourth-order valence-corrected chi connectivity index (χ4v) is 5.47. The minimum Gasteiger partial charge on any atom is -0.508 e. The van der Waals surface area contributed by atoms with Gasteiger partial charge in [-0.2, -0.15) is 0 Å². The van der Waals surface area contributed by atoms with Crippen molar-refractivity contribution in [1.29, 1.82) is 0 Å². The number of phenols is 1. The molecular weight excluding hydrogens is 497 g/mol. The van der Waals surface area contributed by atoms with E-state index in [1.165, 1.54) is 4.90 Å². The predicted molar refractivity (Wildman–Crippen MR) is 139 cm³/mol. The summed E-state index contributed by atoms with van der Waals surface area (Å²) in [6.45, 7) is 7.21. The molecule has 1 aliphatic carbocycles. The Morgan fingerprint density at radius 3 is 2.51 bits per heavy atom. The summed E-state index contributed by atoms with van der Waals surface area (Å²) in [6.07, 6.45) is -0.623. The molecule has 37 heavy (non-hydrogen) atoms. The Kier molecular flexibility index (Phi) is 7.36. The molecule has 2 aliphatic rings. The number of rotatable bonds is 7. The van der Waals surface area contributed by atoms with Crippen molar-refractivity contribution in [1.82, 2.24) is 15.5 Å². The van der Waals surface area contributed by atoms with Crippen LogP contribution in [0.4, 0.5) is 4.39 Å². The molecule has 4 rings (SSSR count). The minimum absolute atomic E-state index is 0.0345. The second-order valence-electron chi connectivity index (χ2n) is 11.1. The van der Waals surface area contributed by atoms with Crippen molar-refractivity contribution >= 4 is 29.1 Å². The van der Waals surface area contributed by atoms with Gasteiger partial charge in [0.15, 0.2) is 5.67 Å². The van der Waals surface area contributed by atoms with Crippen molar-refractivity contribution in [2.24, 2.45) is 5.41 Å². The monoisotopic (exact) mass is 531 g/mol. The summed E-state index contributed by atoms with van der Waals surface area (Å²) in [5, 5.41) is 28.1. The van der Waals surface area contributed by atoms with Gasteiger partial charge in [0.2, 0.25) is 11.8 Å². The normalized spacial score (nSPS) is 21.4. The highest BCUT2D eigenvalue weighted by molar-refractivity contribution is 7.13. The van der Waals surface area contributed by atoms with E-state index in [2.05, 4.69) is 10.6 Å². The van der Waals surface area contributed by atoms with Crippen LogP contribution >= 0.6 is 11.3 Å². The predicted octanol–water partition coefficient (Wildman–Crippen LogP) is 3.04. The number of thiophene rings is 1. The Balaban J connectivity index is 1.45. The maximum Gasteiger partial charge on any atom is 0.258 e. The topological polar surface area (TPSA) is 119 Å². The Morgan fingerprint density at radius 2 is 1.95 bits per heavy atom. The van der Waals surface area contributed by atoms with Crippen LogP contribution in [0.3, 0.4) is 0 Å². The van der Waals surface area contributed by atoms with Gasteiger partial charge in [0.05, 0.1) is 6.10 Å². The van der Waals surface area contributed by atoms with Crippen LogP contribution in [-0.4, -0.2) is 63.2 Å². The molecule has 0 spiro atoms. The lowest BCUT2D eigenvalue weighted by Gasteiger charge is -2.35. The standard InChI is InChI=1S/C27H34FN3O5S/c1-15-7-10-37-21(15)16-5-6-17(20(33)11-16)13-29-23(34)19-12-18(32)14-31(19)24(35)22(26(2,3)4)30-25(36)27(28)8-9-27/h5-7,10-11,18-19,22,32-33H,8-9,12-14H2,1-4H3,(H,29,34)(H,30,36)/t18-,19+,22-/m1/s1. The van der Waals surface area contributed by atoms with E-state index in [1.54, 1.807) is 44.2 Å². The molecule has 10 heteroatoms. The Hall–Kier alpha value is -2.98. The van der Waals surface area contributed by atoms with Crippen LogP contribution in [0.2, 0.25) is 0 Å². The summed E-state index contributed by atoms with van der Waals surface area (Å²) in [4.78, 5) is 41.3. The molecule has 2 aromatic rings. The number of hydrogen-bond acceptors (Lipinski definition) is 6. The number of benzene rings is 1. The van der Waals surface area contributed by atoms with Crippen LogP contribution in [0.15, 0.2) is 29.6 Å². The number of phenolic OH excluding ortho intramolecular Hbond substituents is 1. The molecular formula is C27H34FN3O5S. The summed E-state index contributed by atoms with van der Waals surface area (Å²) < 4.78 is 14.3. The van der Waals surface area contributed by atoms with Crippen molar-refractivity contribution in [3.63, 3.8) is 0 Å².